The summed E-state index contributed by atoms with van der Waals surface area (Å²) in [6, 6.07) is 7.07. The number of methoxy groups -OCH3 is 2. The number of likely N-dealkylation sites (N-methyl/N-ethyl adjacent to an activating group) is 1. The monoisotopic (exact) mass is 356 g/mol. The zero-order valence-corrected chi connectivity index (χ0v) is 14.8. The van der Waals surface area contributed by atoms with E-state index in [1.807, 2.05) is 0 Å². The minimum Gasteiger partial charge on any atom is -0.465 e. The maximum absolute atomic E-state index is 12.3. The standard InChI is InChI=1S/C19H20N2O5/c1-20-16(22)12-13-7-9-14(10-8-13)21-11-5-4-6-15(18(23)25-2)17(21)19(24)26-3/h4-11H,12H2,1-3H3,(H,20,22). The van der Waals surface area contributed by atoms with Crippen molar-refractivity contribution in [1.29, 1.82) is 0 Å². The molecule has 136 valence electrons. The topological polar surface area (TPSA) is 84.9 Å². The highest BCUT2D eigenvalue weighted by atomic mass is 16.5. The molecule has 1 heterocycles. The minimum atomic E-state index is -0.670. The van der Waals surface area contributed by atoms with Gasteiger partial charge < -0.3 is 19.7 Å². The molecule has 26 heavy (non-hydrogen) atoms. The molecule has 0 saturated heterocycles. The molecule has 0 saturated carbocycles. The number of hydrogen-bond donors (Lipinski definition) is 1. The molecule has 1 aromatic carbocycles. The Hall–Kier alpha value is -3.35. The first-order valence-electron chi connectivity index (χ1n) is 7.86. The van der Waals surface area contributed by atoms with E-state index in [9.17, 15) is 14.4 Å². The van der Waals surface area contributed by atoms with Gasteiger partial charge in [-0.15, -0.1) is 0 Å². The lowest BCUT2D eigenvalue weighted by atomic mass is 10.1. The predicted molar refractivity (Wildman–Crippen MR) is 96.0 cm³/mol. The summed E-state index contributed by atoms with van der Waals surface area (Å²) in [6.07, 6.45) is 6.72. The molecular formula is C19H20N2O5. The van der Waals surface area contributed by atoms with E-state index in [0.29, 0.717) is 5.69 Å². The molecule has 7 nitrogen and oxygen atoms in total. The van der Waals surface area contributed by atoms with Crippen molar-refractivity contribution in [3.8, 4) is 0 Å². The van der Waals surface area contributed by atoms with Crippen molar-refractivity contribution >= 4 is 23.5 Å². The zero-order chi connectivity index (χ0) is 19.1. The molecule has 1 N–H and O–H groups in total. The average molecular weight is 356 g/mol. The first-order valence-corrected chi connectivity index (χ1v) is 7.86. The van der Waals surface area contributed by atoms with Crippen molar-refractivity contribution in [1.82, 2.24) is 5.32 Å². The van der Waals surface area contributed by atoms with Crippen LogP contribution in [0.2, 0.25) is 0 Å². The number of rotatable bonds is 5. The molecular weight excluding hydrogens is 336 g/mol. The van der Waals surface area contributed by atoms with Crippen LogP contribution in [0.3, 0.4) is 0 Å². The van der Waals surface area contributed by atoms with Gasteiger partial charge in [0.1, 0.15) is 5.70 Å². The molecule has 0 spiro atoms. The molecule has 0 radical (unpaired) electrons. The quantitative estimate of drug-likeness (QED) is 0.804. The molecule has 0 atom stereocenters. The second-order valence-corrected chi connectivity index (χ2v) is 5.33. The largest absolute Gasteiger partial charge is 0.465 e. The maximum atomic E-state index is 12.3. The number of carbonyl (C=O) groups is 3. The molecule has 0 aromatic heterocycles. The third-order valence-corrected chi connectivity index (χ3v) is 3.75. The van der Waals surface area contributed by atoms with Crippen molar-refractivity contribution < 1.29 is 23.9 Å². The van der Waals surface area contributed by atoms with Crippen LogP contribution in [0.4, 0.5) is 5.69 Å². The van der Waals surface area contributed by atoms with Crippen LogP contribution in [0.5, 0.6) is 0 Å². The molecule has 1 aromatic rings. The second kappa shape index (κ2) is 8.66. The summed E-state index contributed by atoms with van der Waals surface area (Å²) in [7, 11) is 4.06. The lowest BCUT2D eigenvalue weighted by molar-refractivity contribution is -0.139. The van der Waals surface area contributed by atoms with Crippen LogP contribution >= 0.6 is 0 Å². The summed E-state index contributed by atoms with van der Waals surface area (Å²) in [6.45, 7) is 0. The van der Waals surface area contributed by atoms with Gasteiger partial charge in [0.2, 0.25) is 5.91 Å². The third-order valence-electron chi connectivity index (χ3n) is 3.75. The van der Waals surface area contributed by atoms with Gasteiger partial charge >= 0.3 is 11.9 Å². The summed E-state index contributed by atoms with van der Waals surface area (Å²) in [5, 5.41) is 2.57. The maximum Gasteiger partial charge on any atom is 0.355 e. The van der Waals surface area contributed by atoms with Crippen molar-refractivity contribution in [3.63, 3.8) is 0 Å². The Kier molecular flexibility index (Phi) is 6.32. The number of anilines is 1. The van der Waals surface area contributed by atoms with Gasteiger partial charge in [-0.2, -0.15) is 0 Å². The SMILES string of the molecule is CNC(=O)Cc1ccc(N2C=CC=CC(C(=O)OC)=C2C(=O)OC)cc1. The van der Waals surface area contributed by atoms with Gasteiger partial charge in [0.15, 0.2) is 0 Å². The van der Waals surface area contributed by atoms with Gasteiger partial charge in [-0.3, -0.25) is 4.79 Å². The summed E-state index contributed by atoms with van der Waals surface area (Å²) in [5.41, 5.74) is 1.58. The van der Waals surface area contributed by atoms with Crippen LogP contribution in [-0.4, -0.2) is 39.1 Å². The molecule has 1 amide bonds. The van der Waals surface area contributed by atoms with Gasteiger partial charge in [0.25, 0.3) is 0 Å². The smallest absolute Gasteiger partial charge is 0.355 e. The Labute approximate surface area is 151 Å². The van der Waals surface area contributed by atoms with Gasteiger partial charge in [0.05, 0.1) is 26.2 Å². The molecule has 0 fully saturated rings. The molecule has 7 heteroatoms. The number of carbonyl (C=O) groups excluding carboxylic acids is 3. The molecule has 0 unspecified atom stereocenters. The Balaban J connectivity index is 2.46. The van der Waals surface area contributed by atoms with E-state index in [1.54, 1.807) is 54.6 Å². The molecule has 0 aliphatic carbocycles. The zero-order valence-electron chi connectivity index (χ0n) is 14.8. The van der Waals surface area contributed by atoms with E-state index in [1.165, 1.54) is 20.3 Å². The first kappa shape index (κ1) is 19.0. The van der Waals surface area contributed by atoms with Gasteiger partial charge in [-0.1, -0.05) is 18.2 Å². The second-order valence-electron chi connectivity index (χ2n) is 5.33. The fourth-order valence-corrected chi connectivity index (χ4v) is 2.41. The van der Waals surface area contributed by atoms with Gasteiger partial charge in [0, 0.05) is 18.9 Å². The lowest BCUT2D eigenvalue weighted by Gasteiger charge is -2.23. The van der Waals surface area contributed by atoms with Crippen molar-refractivity contribution in [3.05, 3.63) is 65.5 Å². The number of ether oxygens (including phenoxy) is 2. The van der Waals surface area contributed by atoms with Crippen molar-refractivity contribution in [2.75, 3.05) is 26.2 Å². The van der Waals surface area contributed by atoms with Crippen LogP contribution in [-0.2, 0) is 30.3 Å². The van der Waals surface area contributed by atoms with Crippen molar-refractivity contribution in [2.45, 2.75) is 6.42 Å². The first-order chi connectivity index (χ1) is 12.5. The normalized spacial score (nSPS) is 13.3. The number of allylic oxidation sites excluding steroid dienone is 2. The number of esters is 2. The number of amides is 1. The van der Waals surface area contributed by atoms with Crippen LogP contribution in [0.1, 0.15) is 5.56 Å². The lowest BCUT2D eigenvalue weighted by Crippen LogP contribution is -2.27. The van der Waals surface area contributed by atoms with E-state index in [-0.39, 0.29) is 23.6 Å². The summed E-state index contributed by atoms with van der Waals surface area (Å²) in [5.74, 6) is -1.41. The van der Waals surface area contributed by atoms with Crippen LogP contribution in [0, 0.1) is 0 Å². The van der Waals surface area contributed by atoms with E-state index in [4.69, 9.17) is 9.47 Å². The highest BCUT2D eigenvalue weighted by Gasteiger charge is 2.27. The predicted octanol–water partition coefficient (Wildman–Crippen LogP) is 1.47. The Morgan fingerprint density at radius 2 is 1.65 bits per heavy atom. The number of benzene rings is 1. The fourth-order valence-electron chi connectivity index (χ4n) is 2.41. The molecule has 0 bridgehead atoms. The summed E-state index contributed by atoms with van der Waals surface area (Å²) in [4.78, 5) is 37.5. The minimum absolute atomic E-state index is 0.0448. The molecule has 1 aliphatic rings. The van der Waals surface area contributed by atoms with E-state index >= 15 is 0 Å². The van der Waals surface area contributed by atoms with Crippen molar-refractivity contribution in [2.24, 2.45) is 0 Å². The highest BCUT2D eigenvalue weighted by molar-refractivity contribution is 6.05. The van der Waals surface area contributed by atoms with Crippen LogP contribution in [0.25, 0.3) is 0 Å². The summed E-state index contributed by atoms with van der Waals surface area (Å²) >= 11 is 0. The number of hydrogen-bond acceptors (Lipinski definition) is 6. The summed E-state index contributed by atoms with van der Waals surface area (Å²) < 4.78 is 9.62. The third kappa shape index (κ3) is 4.18. The van der Waals surface area contributed by atoms with Gasteiger partial charge in [-0.05, 0) is 29.8 Å². The molecule has 1 aliphatic heterocycles. The van der Waals surface area contributed by atoms with E-state index in [2.05, 4.69) is 5.32 Å². The number of nitrogens with zero attached hydrogens (tertiary/aromatic N) is 1. The average Bonchev–Trinajstić information content (AvgIpc) is 2.90. The van der Waals surface area contributed by atoms with Gasteiger partial charge in [-0.25, -0.2) is 9.59 Å². The molecule has 2 rings (SSSR count). The Morgan fingerprint density at radius 3 is 2.23 bits per heavy atom. The number of nitrogens with one attached hydrogen (secondary N) is 1. The van der Waals surface area contributed by atoms with E-state index in [0.717, 1.165) is 5.56 Å². The van der Waals surface area contributed by atoms with Crippen LogP contribution in [0.15, 0.2) is 60.0 Å². The Morgan fingerprint density at radius 1 is 1.00 bits per heavy atom. The fraction of sp³-hybridized carbons (Fsp3) is 0.211. The van der Waals surface area contributed by atoms with E-state index < -0.39 is 11.9 Å². The highest BCUT2D eigenvalue weighted by Crippen LogP contribution is 2.26. The Bertz CT molecular complexity index is 791. The van der Waals surface area contributed by atoms with Crippen LogP contribution < -0.4 is 10.2 Å².